The van der Waals surface area contributed by atoms with Crippen LogP contribution in [0.15, 0.2) is 102 Å². The highest BCUT2D eigenvalue weighted by molar-refractivity contribution is 7.92. The van der Waals surface area contributed by atoms with Crippen LogP contribution in [0.3, 0.4) is 0 Å². The fourth-order valence-electron chi connectivity index (χ4n) is 5.15. The lowest BCUT2D eigenvalue weighted by Crippen LogP contribution is -2.53. The molecule has 0 bridgehead atoms. The molecular formula is C37H42ClN3O4S. The number of carbonyl (C=O) groups excluding carboxylic acids is 2. The maximum Gasteiger partial charge on any atom is 0.264 e. The molecule has 0 aliphatic rings. The second-order valence-corrected chi connectivity index (χ2v) is 14.4. The van der Waals surface area contributed by atoms with E-state index in [4.69, 9.17) is 11.6 Å². The number of halogens is 1. The van der Waals surface area contributed by atoms with Crippen LogP contribution in [0.25, 0.3) is 0 Å². The molecule has 2 amide bonds. The van der Waals surface area contributed by atoms with Crippen molar-refractivity contribution >= 4 is 39.1 Å². The second kappa shape index (κ2) is 15.4. The number of hydrogen-bond acceptors (Lipinski definition) is 4. The van der Waals surface area contributed by atoms with Gasteiger partial charge in [-0.3, -0.25) is 13.9 Å². The first-order valence-electron chi connectivity index (χ1n) is 15.4. The van der Waals surface area contributed by atoms with Crippen molar-refractivity contribution < 1.29 is 18.0 Å². The number of anilines is 1. The molecule has 46 heavy (non-hydrogen) atoms. The Bertz CT molecular complexity index is 1760. The first-order chi connectivity index (χ1) is 21.8. The number of hydrogen-bond donors (Lipinski definition) is 1. The molecule has 0 aliphatic carbocycles. The van der Waals surface area contributed by atoms with Crippen LogP contribution in [0.2, 0.25) is 5.02 Å². The maximum atomic E-state index is 14.6. The lowest BCUT2D eigenvalue weighted by Gasteiger charge is -2.34. The first-order valence-corrected chi connectivity index (χ1v) is 17.2. The predicted molar refractivity (Wildman–Crippen MR) is 185 cm³/mol. The number of nitrogens with zero attached hydrogens (tertiary/aromatic N) is 2. The Morgan fingerprint density at radius 1 is 0.804 bits per heavy atom. The second-order valence-electron chi connectivity index (χ2n) is 12.1. The van der Waals surface area contributed by atoms with Gasteiger partial charge in [-0.1, -0.05) is 97.7 Å². The topological polar surface area (TPSA) is 86.8 Å². The van der Waals surface area contributed by atoms with Crippen LogP contribution in [-0.2, 0) is 32.6 Å². The van der Waals surface area contributed by atoms with Crippen molar-refractivity contribution in [1.29, 1.82) is 0 Å². The van der Waals surface area contributed by atoms with Crippen LogP contribution in [0, 0.1) is 26.7 Å². The van der Waals surface area contributed by atoms with Gasteiger partial charge in [0.15, 0.2) is 0 Å². The minimum atomic E-state index is -4.18. The Labute approximate surface area is 278 Å². The van der Waals surface area contributed by atoms with E-state index >= 15 is 0 Å². The Morgan fingerprint density at radius 2 is 1.46 bits per heavy atom. The van der Waals surface area contributed by atoms with E-state index in [1.807, 2.05) is 83.1 Å². The van der Waals surface area contributed by atoms with E-state index in [9.17, 15) is 18.0 Å². The summed E-state index contributed by atoms with van der Waals surface area (Å²) in [6.45, 7) is 9.55. The van der Waals surface area contributed by atoms with Gasteiger partial charge in [0.05, 0.1) is 10.6 Å². The lowest BCUT2D eigenvalue weighted by atomic mass is 10.0. The minimum absolute atomic E-state index is 0.0528. The summed E-state index contributed by atoms with van der Waals surface area (Å²) in [4.78, 5) is 30.1. The molecule has 0 saturated carbocycles. The molecular weight excluding hydrogens is 618 g/mol. The number of sulfonamides is 1. The molecule has 4 aromatic rings. The van der Waals surface area contributed by atoms with Gasteiger partial charge < -0.3 is 10.2 Å². The molecule has 0 saturated heterocycles. The Kier molecular flexibility index (Phi) is 11.7. The maximum absolute atomic E-state index is 14.6. The number of amides is 2. The fourth-order valence-corrected chi connectivity index (χ4v) is 6.83. The number of carbonyl (C=O) groups is 2. The van der Waals surface area contributed by atoms with E-state index in [0.29, 0.717) is 22.8 Å². The third-order valence-electron chi connectivity index (χ3n) is 7.72. The van der Waals surface area contributed by atoms with Gasteiger partial charge >= 0.3 is 0 Å². The zero-order valence-electron chi connectivity index (χ0n) is 27.0. The van der Waals surface area contributed by atoms with E-state index in [1.54, 1.807) is 48.5 Å². The van der Waals surface area contributed by atoms with E-state index in [-0.39, 0.29) is 29.7 Å². The van der Waals surface area contributed by atoms with Gasteiger partial charge in [0.1, 0.15) is 12.6 Å². The average Bonchev–Trinajstić information content (AvgIpc) is 3.02. The molecule has 0 fully saturated rings. The zero-order chi connectivity index (χ0) is 33.4. The Balaban J connectivity index is 1.83. The molecule has 0 spiro atoms. The monoisotopic (exact) mass is 659 g/mol. The quantitative estimate of drug-likeness (QED) is 0.170. The van der Waals surface area contributed by atoms with Crippen LogP contribution in [0.5, 0.6) is 0 Å². The smallest absolute Gasteiger partial charge is 0.264 e. The first kappa shape index (κ1) is 34.7. The van der Waals surface area contributed by atoms with Gasteiger partial charge in [-0.2, -0.15) is 0 Å². The summed E-state index contributed by atoms with van der Waals surface area (Å²) in [5, 5.41) is 3.50. The van der Waals surface area contributed by atoms with Crippen LogP contribution in [0.4, 0.5) is 5.69 Å². The van der Waals surface area contributed by atoms with Gasteiger partial charge in [0.25, 0.3) is 10.0 Å². The van der Waals surface area contributed by atoms with Crippen LogP contribution < -0.4 is 9.62 Å². The number of aryl methyl sites for hydroxylation is 3. The average molecular weight is 660 g/mol. The summed E-state index contributed by atoms with van der Waals surface area (Å²) in [6, 6.07) is 27.8. The number of benzene rings is 4. The Hall–Kier alpha value is -4.14. The molecule has 1 N–H and O–H groups in total. The van der Waals surface area contributed by atoms with E-state index in [0.717, 1.165) is 22.3 Å². The summed E-state index contributed by atoms with van der Waals surface area (Å²) >= 11 is 6.33. The van der Waals surface area contributed by atoms with Crippen molar-refractivity contribution in [1.82, 2.24) is 10.2 Å². The van der Waals surface area contributed by atoms with E-state index < -0.39 is 28.5 Å². The normalized spacial score (nSPS) is 12.1. The standard InChI is InChI=1S/C37H42ClN3O4S/c1-26(2)23-39-37(43)35(22-30-10-7-6-8-11-30)40(24-31-12-9-13-32(38)21-31)36(42)25-41(34-20-28(4)14-17-29(34)5)46(44,45)33-18-15-27(3)16-19-33/h6-21,26,35H,22-25H2,1-5H3,(H,39,43)/t35-/m0/s1. The Morgan fingerprint density at radius 3 is 2.11 bits per heavy atom. The number of nitrogens with one attached hydrogen (secondary N) is 1. The molecule has 242 valence electrons. The fraction of sp³-hybridized carbons (Fsp3) is 0.297. The van der Waals surface area contributed by atoms with Crippen molar-refractivity contribution in [2.45, 2.75) is 58.5 Å². The van der Waals surface area contributed by atoms with Gasteiger partial charge in [0.2, 0.25) is 11.8 Å². The van der Waals surface area contributed by atoms with Crippen molar-refractivity contribution in [3.05, 3.63) is 130 Å². The molecule has 4 rings (SSSR count). The SMILES string of the molecule is Cc1ccc(S(=O)(=O)N(CC(=O)N(Cc2cccc(Cl)c2)[C@@H](Cc2ccccc2)C(=O)NCC(C)C)c2cc(C)ccc2C)cc1. The van der Waals surface area contributed by atoms with Crippen molar-refractivity contribution in [3.63, 3.8) is 0 Å². The molecule has 9 heteroatoms. The van der Waals surface area contributed by atoms with Gasteiger partial charge in [-0.15, -0.1) is 0 Å². The molecule has 0 aromatic heterocycles. The van der Waals surface area contributed by atoms with Gasteiger partial charge in [0, 0.05) is 24.5 Å². The molecule has 0 unspecified atom stereocenters. The molecule has 7 nitrogen and oxygen atoms in total. The molecule has 1 atom stereocenters. The highest BCUT2D eigenvalue weighted by Crippen LogP contribution is 2.29. The van der Waals surface area contributed by atoms with E-state index in [2.05, 4.69) is 5.32 Å². The molecule has 0 aliphatic heterocycles. The summed E-state index contributed by atoms with van der Waals surface area (Å²) in [6.07, 6.45) is 0.241. The third kappa shape index (κ3) is 8.98. The molecule has 0 radical (unpaired) electrons. The molecule has 4 aromatic carbocycles. The summed E-state index contributed by atoms with van der Waals surface area (Å²) in [5.41, 5.74) is 4.46. The van der Waals surface area contributed by atoms with Crippen molar-refractivity contribution in [2.24, 2.45) is 5.92 Å². The summed E-state index contributed by atoms with van der Waals surface area (Å²) in [7, 11) is -4.18. The van der Waals surface area contributed by atoms with Crippen molar-refractivity contribution in [3.8, 4) is 0 Å². The largest absolute Gasteiger partial charge is 0.354 e. The predicted octanol–water partition coefficient (Wildman–Crippen LogP) is 6.87. The highest BCUT2D eigenvalue weighted by Gasteiger charge is 2.35. The third-order valence-corrected chi connectivity index (χ3v) is 9.73. The minimum Gasteiger partial charge on any atom is -0.354 e. The van der Waals surface area contributed by atoms with Gasteiger partial charge in [-0.05, 0) is 79.3 Å². The highest BCUT2D eigenvalue weighted by atomic mass is 35.5. The van der Waals surface area contributed by atoms with Crippen LogP contribution >= 0.6 is 11.6 Å². The number of rotatable bonds is 13. The van der Waals surface area contributed by atoms with Crippen LogP contribution in [0.1, 0.15) is 41.7 Å². The van der Waals surface area contributed by atoms with Crippen molar-refractivity contribution in [2.75, 3.05) is 17.4 Å². The zero-order valence-corrected chi connectivity index (χ0v) is 28.6. The summed E-state index contributed by atoms with van der Waals surface area (Å²) in [5.74, 6) is -0.636. The van der Waals surface area contributed by atoms with Gasteiger partial charge in [-0.25, -0.2) is 8.42 Å². The lowest BCUT2D eigenvalue weighted by molar-refractivity contribution is -0.140. The molecule has 0 heterocycles. The summed E-state index contributed by atoms with van der Waals surface area (Å²) < 4.78 is 29.8. The van der Waals surface area contributed by atoms with Crippen LogP contribution in [-0.4, -0.2) is 44.3 Å². The van der Waals surface area contributed by atoms with E-state index in [1.165, 1.54) is 9.21 Å².